The summed E-state index contributed by atoms with van der Waals surface area (Å²) in [7, 11) is 5.47. The predicted molar refractivity (Wildman–Crippen MR) is 138 cm³/mol. The average Bonchev–Trinajstić information content (AvgIpc) is 3.66. The Hall–Kier alpha value is -2.80. The lowest BCUT2D eigenvalue weighted by atomic mass is 9.80. The Kier molecular flexibility index (Phi) is 7.14. The fourth-order valence-electron chi connectivity index (χ4n) is 4.94. The summed E-state index contributed by atoms with van der Waals surface area (Å²) in [6.07, 6.45) is 3.49. The van der Waals surface area contributed by atoms with Crippen LogP contribution in [0.1, 0.15) is 36.0 Å². The molecule has 5 rings (SSSR count). The molecule has 3 aromatic carbocycles. The summed E-state index contributed by atoms with van der Waals surface area (Å²) >= 11 is 0. The van der Waals surface area contributed by atoms with Crippen LogP contribution in [0.5, 0.6) is 11.5 Å². The van der Waals surface area contributed by atoms with Gasteiger partial charge in [0.1, 0.15) is 31.1 Å². The molecule has 1 saturated heterocycles. The normalized spacial score (nSPS) is 22.2. The van der Waals surface area contributed by atoms with Crippen molar-refractivity contribution < 1.29 is 23.7 Å². The molecule has 182 valence electrons. The first-order chi connectivity index (χ1) is 17.1. The highest BCUT2D eigenvalue weighted by Crippen LogP contribution is 2.42. The molecule has 2 fully saturated rings. The van der Waals surface area contributed by atoms with Crippen LogP contribution in [0.25, 0.3) is 0 Å². The summed E-state index contributed by atoms with van der Waals surface area (Å²) in [5.74, 6) is 1.60. The van der Waals surface area contributed by atoms with Gasteiger partial charge in [-0.25, -0.2) is 0 Å². The second-order valence-electron chi connectivity index (χ2n) is 9.41. The molecule has 1 heterocycles. The van der Waals surface area contributed by atoms with Crippen molar-refractivity contribution in [3.8, 4) is 11.5 Å². The molecule has 0 aromatic heterocycles. The van der Waals surface area contributed by atoms with Gasteiger partial charge in [0.05, 0.1) is 33.0 Å². The third-order valence-electron chi connectivity index (χ3n) is 6.92. The van der Waals surface area contributed by atoms with Crippen molar-refractivity contribution in [2.75, 3.05) is 20.8 Å². The predicted octanol–water partition coefficient (Wildman–Crippen LogP) is 4.31. The van der Waals surface area contributed by atoms with Gasteiger partial charge in [-0.05, 0) is 60.2 Å². The maximum Gasteiger partial charge on any atom is 0.143 e. The van der Waals surface area contributed by atoms with Crippen LogP contribution in [0.2, 0.25) is 0 Å². The highest BCUT2D eigenvalue weighted by atomic mass is 16.6. The van der Waals surface area contributed by atoms with Gasteiger partial charge in [0.25, 0.3) is 0 Å². The third-order valence-corrected chi connectivity index (χ3v) is 6.92. The maximum atomic E-state index is 7.01. The molecule has 6 heteroatoms. The Bertz CT molecular complexity index is 1030. The summed E-state index contributed by atoms with van der Waals surface area (Å²) < 4.78 is 30.5. The first-order valence-corrected chi connectivity index (χ1v) is 12.4. The van der Waals surface area contributed by atoms with Crippen LogP contribution in [-0.2, 0) is 19.8 Å². The molecule has 2 aliphatic rings. The Morgan fingerprint density at radius 1 is 0.800 bits per heavy atom. The van der Waals surface area contributed by atoms with Crippen LogP contribution in [0.4, 0.5) is 0 Å². The van der Waals surface area contributed by atoms with Gasteiger partial charge in [-0.2, -0.15) is 0 Å². The summed E-state index contributed by atoms with van der Waals surface area (Å²) in [5, 5.41) is 0. The molecule has 5 nitrogen and oxygen atoms in total. The van der Waals surface area contributed by atoms with Gasteiger partial charge in [0.15, 0.2) is 0 Å². The zero-order chi connectivity index (χ0) is 24.3. The van der Waals surface area contributed by atoms with Crippen LogP contribution in [-0.4, -0.2) is 53.0 Å². The maximum absolute atomic E-state index is 7.01. The van der Waals surface area contributed by atoms with E-state index in [2.05, 4.69) is 44.2 Å². The standard InChI is InChI=1S/C29H33BO5/c1-31-23-12-8-21(9-13-23)29(20-6-4-3-5-7-20,22-10-14-24(32-2)15-11-22)33-19-27-26(18-28(30)35-27)34-25-16-17-25/h3-15,25-28H,16-19,30H2,1-2H3. The SMILES string of the molecule is BC1CC(OC2CC2)C(COC(c2ccccc2)(c2ccc(OC)cc2)c2ccc(OC)cc2)O1. The number of methoxy groups -OCH3 is 2. The molecule has 0 spiro atoms. The van der Waals surface area contributed by atoms with Crippen molar-refractivity contribution in [2.24, 2.45) is 0 Å². The molecule has 0 bridgehead atoms. The van der Waals surface area contributed by atoms with E-state index in [1.165, 1.54) is 0 Å². The minimum Gasteiger partial charge on any atom is -0.497 e. The van der Waals surface area contributed by atoms with E-state index in [1.54, 1.807) is 14.2 Å². The lowest BCUT2D eigenvalue weighted by Gasteiger charge is -2.37. The molecular formula is C29H33BO5. The zero-order valence-electron chi connectivity index (χ0n) is 20.7. The fourth-order valence-corrected chi connectivity index (χ4v) is 4.94. The van der Waals surface area contributed by atoms with Gasteiger partial charge in [-0.15, -0.1) is 0 Å². The molecule has 3 aromatic rings. The zero-order valence-corrected chi connectivity index (χ0v) is 20.7. The largest absolute Gasteiger partial charge is 0.497 e. The lowest BCUT2D eigenvalue weighted by Crippen LogP contribution is -2.38. The minimum absolute atomic E-state index is 0.0534. The van der Waals surface area contributed by atoms with Crippen LogP contribution < -0.4 is 9.47 Å². The van der Waals surface area contributed by atoms with Crippen molar-refractivity contribution in [3.63, 3.8) is 0 Å². The fraction of sp³-hybridized carbons (Fsp3) is 0.379. The van der Waals surface area contributed by atoms with Crippen molar-refractivity contribution in [1.29, 1.82) is 0 Å². The van der Waals surface area contributed by atoms with Gasteiger partial charge >= 0.3 is 0 Å². The van der Waals surface area contributed by atoms with E-state index in [0.29, 0.717) is 12.7 Å². The van der Waals surface area contributed by atoms with Gasteiger partial charge in [-0.1, -0.05) is 54.6 Å². The van der Waals surface area contributed by atoms with Crippen molar-refractivity contribution in [2.45, 2.75) is 49.2 Å². The molecule has 0 radical (unpaired) electrons. The molecule has 1 saturated carbocycles. The molecule has 35 heavy (non-hydrogen) atoms. The van der Waals surface area contributed by atoms with Crippen LogP contribution in [0.15, 0.2) is 78.9 Å². The van der Waals surface area contributed by atoms with Crippen molar-refractivity contribution in [3.05, 3.63) is 95.6 Å². The summed E-state index contributed by atoms with van der Waals surface area (Å²) in [5.41, 5.74) is 2.22. The van der Waals surface area contributed by atoms with Gasteiger partial charge in [0, 0.05) is 6.00 Å². The average molecular weight is 472 g/mol. The van der Waals surface area contributed by atoms with E-state index < -0.39 is 5.60 Å². The first kappa shape index (κ1) is 23.9. The molecule has 3 atom stereocenters. The number of ether oxygens (including phenoxy) is 5. The Balaban J connectivity index is 1.56. The summed E-state index contributed by atoms with van der Waals surface area (Å²) in [6, 6.07) is 26.7. The number of hydrogen-bond acceptors (Lipinski definition) is 5. The second-order valence-corrected chi connectivity index (χ2v) is 9.41. The molecule has 0 N–H and O–H groups in total. The summed E-state index contributed by atoms with van der Waals surface area (Å²) in [6.45, 7) is 0.411. The number of hydrogen-bond donors (Lipinski definition) is 0. The van der Waals surface area contributed by atoms with Crippen LogP contribution >= 0.6 is 0 Å². The van der Waals surface area contributed by atoms with Gasteiger partial charge < -0.3 is 23.7 Å². The Labute approximate surface area is 208 Å². The van der Waals surface area contributed by atoms with Crippen LogP contribution in [0, 0.1) is 0 Å². The quantitative estimate of drug-likeness (QED) is 0.325. The molecule has 1 aliphatic carbocycles. The van der Waals surface area contributed by atoms with E-state index in [9.17, 15) is 0 Å². The second kappa shape index (κ2) is 10.4. The smallest absolute Gasteiger partial charge is 0.143 e. The highest BCUT2D eigenvalue weighted by molar-refractivity contribution is 6.11. The third kappa shape index (κ3) is 5.11. The van der Waals surface area contributed by atoms with E-state index in [1.807, 2.05) is 42.5 Å². The highest BCUT2D eigenvalue weighted by Gasteiger charge is 2.42. The molecule has 1 aliphatic heterocycles. The molecule has 3 unspecified atom stereocenters. The van der Waals surface area contributed by atoms with E-state index in [-0.39, 0.29) is 18.2 Å². The topological polar surface area (TPSA) is 46.2 Å². The van der Waals surface area contributed by atoms with E-state index in [4.69, 9.17) is 23.7 Å². The summed E-state index contributed by atoms with van der Waals surface area (Å²) in [4.78, 5) is 0. The molecular weight excluding hydrogens is 439 g/mol. The number of benzene rings is 3. The van der Waals surface area contributed by atoms with Crippen LogP contribution in [0.3, 0.4) is 0 Å². The lowest BCUT2D eigenvalue weighted by molar-refractivity contribution is -0.0906. The first-order valence-electron chi connectivity index (χ1n) is 12.4. The van der Waals surface area contributed by atoms with Gasteiger partial charge in [0.2, 0.25) is 0 Å². The molecule has 0 amide bonds. The van der Waals surface area contributed by atoms with E-state index in [0.717, 1.165) is 47.5 Å². The van der Waals surface area contributed by atoms with E-state index >= 15 is 0 Å². The number of rotatable bonds is 10. The Morgan fingerprint density at radius 2 is 1.34 bits per heavy atom. The van der Waals surface area contributed by atoms with Gasteiger partial charge in [-0.3, -0.25) is 0 Å². The Morgan fingerprint density at radius 3 is 1.86 bits per heavy atom. The minimum atomic E-state index is -0.848. The van der Waals surface area contributed by atoms with Crippen molar-refractivity contribution in [1.82, 2.24) is 0 Å². The monoisotopic (exact) mass is 472 g/mol. The van der Waals surface area contributed by atoms with Crippen molar-refractivity contribution >= 4 is 7.85 Å².